The third kappa shape index (κ3) is 3.62. The minimum atomic E-state index is -0.467. The Labute approximate surface area is 175 Å². The number of benzene rings is 1. The largest absolute Gasteiger partial charge is 0.318 e. The van der Waals surface area contributed by atoms with Crippen LogP contribution in [0.1, 0.15) is 37.2 Å². The van der Waals surface area contributed by atoms with Crippen LogP contribution in [-0.2, 0) is 9.59 Å². The van der Waals surface area contributed by atoms with E-state index in [2.05, 4.69) is 9.88 Å². The molecule has 0 bridgehead atoms. The lowest BCUT2D eigenvalue weighted by Gasteiger charge is -2.33. The number of amides is 2. The van der Waals surface area contributed by atoms with Crippen LogP contribution in [0.4, 0.5) is 0 Å². The highest BCUT2D eigenvalue weighted by atomic mass is 35.5. The van der Waals surface area contributed by atoms with Crippen LogP contribution in [0.15, 0.2) is 35.9 Å². The van der Waals surface area contributed by atoms with Crippen molar-refractivity contribution in [2.75, 3.05) is 0 Å². The molecule has 146 valence electrons. The molecule has 5 nitrogen and oxygen atoms in total. The van der Waals surface area contributed by atoms with Crippen LogP contribution in [0.5, 0.6) is 0 Å². The van der Waals surface area contributed by atoms with E-state index in [4.69, 9.17) is 23.8 Å². The van der Waals surface area contributed by atoms with E-state index in [0.29, 0.717) is 5.02 Å². The first-order chi connectivity index (χ1) is 13.2. The van der Waals surface area contributed by atoms with Gasteiger partial charge in [-0.2, -0.15) is 0 Å². The van der Waals surface area contributed by atoms with Crippen molar-refractivity contribution in [3.63, 3.8) is 0 Å². The molecule has 0 saturated carbocycles. The Kier molecular flexibility index (Phi) is 5.72. The zero-order valence-electron chi connectivity index (χ0n) is 16.2. The van der Waals surface area contributed by atoms with Crippen LogP contribution in [0, 0.1) is 13.8 Å². The normalized spacial score (nSPS) is 17.2. The molecule has 1 fully saturated rings. The Morgan fingerprint density at radius 3 is 2.46 bits per heavy atom. The quantitative estimate of drug-likeness (QED) is 0.463. The molecule has 2 heterocycles. The molecule has 1 atom stereocenters. The van der Waals surface area contributed by atoms with Gasteiger partial charge in [0.15, 0.2) is 5.11 Å². The van der Waals surface area contributed by atoms with Gasteiger partial charge in [0, 0.05) is 28.1 Å². The summed E-state index contributed by atoms with van der Waals surface area (Å²) in [5, 5.41) is 3.46. The van der Waals surface area contributed by atoms with Crippen molar-refractivity contribution in [3.8, 4) is 5.69 Å². The SMILES string of the molecule is CCC(C)N1C(=O)/C(=C\c2cc(C)n(-c3ccc(Cl)cc3)c2C)C(=O)NC1=S. The van der Waals surface area contributed by atoms with Gasteiger partial charge in [-0.05, 0) is 81.4 Å². The molecule has 2 aromatic rings. The topological polar surface area (TPSA) is 54.3 Å². The maximum absolute atomic E-state index is 12.9. The highest BCUT2D eigenvalue weighted by molar-refractivity contribution is 7.80. The summed E-state index contributed by atoms with van der Waals surface area (Å²) in [7, 11) is 0. The molecule has 0 aliphatic carbocycles. The fraction of sp³-hybridized carbons (Fsp3) is 0.286. The third-order valence-electron chi connectivity index (χ3n) is 5.02. The lowest BCUT2D eigenvalue weighted by atomic mass is 10.1. The Balaban J connectivity index is 2.04. The predicted octanol–water partition coefficient (Wildman–Crippen LogP) is 4.17. The van der Waals surface area contributed by atoms with E-state index in [-0.39, 0.29) is 22.6 Å². The summed E-state index contributed by atoms with van der Waals surface area (Å²) in [6.07, 6.45) is 2.38. The zero-order valence-corrected chi connectivity index (χ0v) is 17.8. The molecule has 1 aliphatic rings. The second-order valence-electron chi connectivity index (χ2n) is 6.89. The number of rotatable bonds is 4. The van der Waals surface area contributed by atoms with E-state index in [0.717, 1.165) is 29.1 Å². The lowest BCUT2D eigenvalue weighted by Crippen LogP contribution is -2.56. The predicted molar refractivity (Wildman–Crippen MR) is 116 cm³/mol. The van der Waals surface area contributed by atoms with E-state index in [1.165, 1.54) is 4.90 Å². The van der Waals surface area contributed by atoms with Crippen molar-refractivity contribution >= 4 is 46.8 Å². The second-order valence-corrected chi connectivity index (χ2v) is 7.71. The summed E-state index contributed by atoms with van der Waals surface area (Å²) < 4.78 is 2.06. The number of carbonyl (C=O) groups excluding carboxylic acids is 2. The van der Waals surface area contributed by atoms with E-state index in [1.807, 2.05) is 58.0 Å². The summed E-state index contributed by atoms with van der Waals surface area (Å²) in [5.74, 6) is -0.828. The second kappa shape index (κ2) is 7.89. The fourth-order valence-corrected chi connectivity index (χ4v) is 3.81. The monoisotopic (exact) mass is 415 g/mol. The van der Waals surface area contributed by atoms with Gasteiger partial charge < -0.3 is 4.57 Å². The van der Waals surface area contributed by atoms with Crippen LogP contribution in [0.25, 0.3) is 11.8 Å². The molecule has 7 heteroatoms. The van der Waals surface area contributed by atoms with Gasteiger partial charge in [-0.25, -0.2) is 0 Å². The summed E-state index contributed by atoms with van der Waals surface area (Å²) in [6.45, 7) is 7.81. The molecule has 1 aliphatic heterocycles. The lowest BCUT2D eigenvalue weighted by molar-refractivity contribution is -0.130. The molecule has 0 spiro atoms. The Morgan fingerprint density at radius 2 is 1.86 bits per heavy atom. The van der Waals surface area contributed by atoms with Crippen molar-refractivity contribution < 1.29 is 9.59 Å². The number of aryl methyl sites for hydroxylation is 1. The molecular formula is C21H22ClN3O2S. The average Bonchev–Trinajstić information content (AvgIpc) is 2.92. The number of halogens is 1. The zero-order chi connectivity index (χ0) is 20.6. The van der Waals surface area contributed by atoms with Crippen LogP contribution >= 0.6 is 23.8 Å². The molecule has 28 heavy (non-hydrogen) atoms. The van der Waals surface area contributed by atoms with Crippen molar-refractivity contribution in [2.45, 2.75) is 40.2 Å². The number of nitrogens with one attached hydrogen (secondary N) is 1. The molecule has 3 rings (SSSR count). The minimum Gasteiger partial charge on any atom is -0.318 e. The van der Waals surface area contributed by atoms with Crippen LogP contribution in [0.2, 0.25) is 5.02 Å². The minimum absolute atomic E-state index is 0.0882. The number of aromatic nitrogens is 1. The van der Waals surface area contributed by atoms with Gasteiger partial charge in [0.25, 0.3) is 11.8 Å². The first-order valence-corrected chi connectivity index (χ1v) is 9.88. The van der Waals surface area contributed by atoms with Crippen LogP contribution < -0.4 is 5.32 Å². The van der Waals surface area contributed by atoms with Crippen molar-refractivity contribution in [3.05, 3.63) is 57.9 Å². The van der Waals surface area contributed by atoms with Crippen molar-refractivity contribution in [2.24, 2.45) is 0 Å². The maximum atomic E-state index is 12.9. The standard InChI is InChI=1S/C21H22ClN3O2S/c1-5-12(2)25-20(27)18(19(26)23-21(25)28)11-15-10-13(3)24(14(15)4)17-8-6-16(22)7-9-17/h6-12H,5H2,1-4H3,(H,23,26,28)/b18-11-. The Hall–Kier alpha value is -2.44. The van der Waals surface area contributed by atoms with Gasteiger partial charge in [-0.3, -0.25) is 19.8 Å². The molecule has 1 aromatic heterocycles. The number of nitrogens with zero attached hydrogens (tertiary/aromatic N) is 2. The van der Waals surface area contributed by atoms with E-state index in [1.54, 1.807) is 6.08 Å². The Bertz CT molecular complexity index is 992. The van der Waals surface area contributed by atoms with E-state index in [9.17, 15) is 9.59 Å². The van der Waals surface area contributed by atoms with Gasteiger partial charge in [-0.1, -0.05) is 18.5 Å². The maximum Gasteiger partial charge on any atom is 0.265 e. The molecule has 2 amide bonds. The summed E-state index contributed by atoms with van der Waals surface area (Å²) in [4.78, 5) is 26.9. The molecular weight excluding hydrogens is 394 g/mol. The number of carbonyl (C=O) groups is 2. The van der Waals surface area contributed by atoms with Gasteiger partial charge in [0.1, 0.15) is 5.57 Å². The van der Waals surface area contributed by atoms with E-state index < -0.39 is 5.91 Å². The summed E-state index contributed by atoms with van der Waals surface area (Å²) >= 11 is 11.2. The number of thiocarbonyl (C=S) groups is 1. The summed E-state index contributed by atoms with van der Waals surface area (Å²) in [6, 6.07) is 9.39. The molecule has 1 N–H and O–H groups in total. The van der Waals surface area contributed by atoms with Gasteiger partial charge >= 0.3 is 0 Å². The number of hydrogen-bond donors (Lipinski definition) is 1. The fourth-order valence-electron chi connectivity index (χ4n) is 3.33. The third-order valence-corrected chi connectivity index (χ3v) is 5.57. The first-order valence-electron chi connectivity index (χ1n) is 9.10. The first kappa shape index (κ1) is 20.3. The summed E-state index contributed by atoms with van der Waals surface area (Å²) in [5.41, 5.74) is 3.78. The Morgan fingerprint density at radius 1 is 1.21 bits per heavy atom. The highest BCUT2D eigenvalue weighted by Crippen LogP contribution is 2.25. The molecule has 0 radical (unpaired) electrons. The average molecular weight is 416 g/mol. The van der Waals surface area contributed by atoms with Gasteiger partial charge in [0.2, 0.25) is 0 Å². The molecule has 1 unspecified atom stereocenters. The number of hydrogen-bond acceptors (Lipinski definition) is 3. The highest BCUT2D eigenvalue weighted by Gasteiger charge is 2.35. The smallest absolute Gasteiger partial charge is 0.265 e. The van der Waals surface area contributed by atoms with Crippen LogP contribution in [-0.4, -0.2) is 32.4 Å². The van der Waals surface area contributed by atoms with Crippen LogP contribution in [0.3, 0.4) is 0 Å². The van der Waals surface area contributed by atoms with Gasteiger partial charge in [0.05, 0.1) is 0 Å². The van der Waals surface area contributed by atoms with Gasteiger partial charge in [-0.15, -0.1) is 0 Å². The van der Waals surface area contributed by atoms with E-state index >= 15 is 0 Å². The molecule has 1 saturated heterocycles. The molecule has 1 aromatic carbocycles. The van der Waals surface area contributed by atoms with Crippen molar-refractivity contribution in [1.29, 1.82) is 0 Å². The van der Waals surface area contributed by atoms with Crippen molar-refractivity contribution in [1.82, 2.24) is 14.8 Å².